The molecular formula is C15H24ClNO. The summed E-state index contributed by atoms with van der Waals surface area (Å²) in [7, 11) is 4.11. The van der Waals surface area contributed by atoms with E-state index in [0.717, 1.165) is 18.2 Å². The van der Waals surface area contributed by atoms with Gasteiger partial charge in [0.15, 0.2) is 0 Å². The van der Waals surface area contributed by atoms with Crippen LogP contribution >= 0.6 is 11.6 Å². The van der Waals surface area contributed by atoms with E-state index >= 15 is 0 Å². The third-order valence-corrected chi connectivity index (χ3v) is 3.03. The first-order valence-corrected chi connectivity index (χ1v) is 6.70. The van der Waals surface area contributed by atoms with Gasteiger partial charge in [-0.25, -0.2) is 0 Å². The maximum atomic E-state index is 6.06. The zero-order valence-electron chi connectivity index (χ0n) is 12.0. The number of hydrogen-bond donors (Lipinski definition) is 0. The highest BCUT2D eigenvalue weighted by Gasteiger charge is 2.26. The molecule has 0 saturated heterocycles. The Balaban J connectivity index is 2.76. The van der Waals surface area contributed by atoms with E-state index in [1.54, 1.807) is 0 Å². The monoisotopic (exact) mass is 269 g/mol. The van der Waals surface area contributed by atoms with Gasteiger partial charge in [0.25, 0.3) is 0 Å². The van der Waals surface area contributed by atoms with E-state index in [2.05, 4.69) is 39.8 Å². The first-order chi connectivity index (χ1) is 8.30. The highest BCUT2D eigenvalue weighted by atomic mass is 35.5. The quantitative estimate of drug-likeness (QED) is 0.801. The van der Waals surface area contributed by atoms with E-state index in [9.17, 15) is 0 Å². The molecule has 1 aromatic carbocycles. The zero-order valence-corrected chi connectivity index (χ0v) is 12.8. The molecule has 18 heavy (non-hydrogen) atoms. The largest absolute Gasteiger partial charge is 0.372 e. The summed E-state index contributed by atoms with van der Waals surface area (Å²) in [6.07, 6.45) is 0.0923. The number of rotatable bonds is 5. The lowest BCUT2D eigenvalue weighted by molar-refractivity contribution is -0.0245. The van der Waals surface area contributed by atoms with Crippen LogP contribution in [0.25, 0.3) is 0 Å². The molecule has 0 bridgehead atoms. The van der Waals surface area contributed by atoms with Crippen LogP contribution in [0.4, 0.5) is 0 Å². The van der Waals surface area contributed by atoms with E-state index in [4.69, 9.17) is 16.3 Å². The van der Waals surface area contributed by atoms with Crippen LogP contribution < -0.4 is 0 Å². The normalized spacial score (nSPS) is 13.9. The van der Waals surface area contributed by atoms with Crippen LogP contribution in [-0.2, 0) is 4.74 Å². The summed E-state index contributed by atoms with van der Waals surface area (Å²) >= 11 is 5.93. The summed E-state index contributed by atoms with van der Waals surface area (Å²) in [6, 6.07) is 7.94. The minimum atomic E-state index is 0.0696. The van der Waals surface area contributed by atoms with Crippen LogP contribution in [0.2, 0.25) is 5.02 Å². The topological polar surface area (TPSA) is 12.5 Å². The molecule has 0 amide bonds. The summed E-state index contributed by atoms with van der Waals surface area (Å²) in [4.78, 5) is 2.13. The molecule has 1 aromatic rings. The Kier molecular flexibility index (Phi) is 5.64. The maximum Gasteiger partial charge on any atom is 0.0873 e. The molecule has 3 heteroatoms. The summed E-state index contributed by atoms with van der Waals surface area (Å²) in [5.41, 5.74) is 1.26. The van der Waals surface area contributed by atoms with Crippen LogP contribution in [0.5, 0.6) is 0 Å². The van der Waals surface area contributed by atoms with E-state index in [1.807, 2.05) is 24.3 Å². The number of likely N-dealkylation sites (N-methyl/N-ethyl adjacent to an activating group) is 1. The van der Waals surface area contributed by atoms with Gasteiger partial charge in [0.1, 0.15) is 0 Å². The van der Waals surface area contributed by atoms with Gasteiger partial charge in [-0.1, -0.05) is 44.5 Å². The number of nitrogens with zero attached hydrogens (tertiary/aromatic N) is 1. The molecule has 0 heterocycles. The smallest absolute Gasteiger partial charge is 0.0873 e. The third-order valence-electron chi connectivity index (χ3n) is 2.78. The number of benzene rings is 1. The summed E-state index contributed by atoms with van der Waals surface area (Å²) in [6.45, 7) is 8.25. The maximum absolute atomic E-state index is 6.06. The summed E-state index contributed by atoms with van der Waals surface area (Å²) < 4.78 is 6.06. The standard InChI is InChI=1S/C15H24ClNO/c1-15(2,3)14(18-11-10-17(4)5)12-6-8-13(16)9-7-12/h6-9,14H,10-11H2,1-5H3. The Morgan fingerprint density at radius 1 is 1.17 bits per heavy atom. The highest BCUT2D eigenvalue weighted by molar-refractivity contribution is 6.30. The lowest BCUT2D eigenvalue weighted by Crippen LogP contribution is -2.25. The third kappa shape index (κ3) is 4.97. The molecule has 0 aliphatic carbocycles. The molecule has 102 valence electrons. The van der Waals surface area contributed by atoms with Gasteiger partial charge in [0.05, 0.1) is 12.7 Å². The lowest BCUT2D eigenvalue weighted by Gasteiger charge is -2.31. The summed E-state index contributed by atoms with van der Waals surface area (Å²) in [5, 5.41) is 0.764. The van der Waals surface area contributed by atoms with Crippen molar-refractivity contribution < 1.29 is 4.74 Å². The Morgan fingerprint density at radius 2 is 1.72 bits per heavy atom. The second-order valence-electron chi connectivity index (χ2n) is 5.97. The van der Waals surface area contributed by atoms with Crippen LogP contribution in [0.3, 0.4) is 0 Å². The van der Waals surface area contributed by atoms with Gasteiger partial charge in [-0.2, -0.15) is 0 Å². The molecule has 0 aliphatic heterocycles. The lowest BCUT2D eigenvalue weighted by atomic mass is 9.84. The van der Waals surface area contributed by atoms with Gasteiger partial charge in [0.2, 0.25) is 0 Å². The molecule has 1 unspecified atom stereocenters. The van der Waals surface area contributed by atoms with Gasteiger partial charge in [-0.15, -0.1) is 0 Å². The van der Waals surface area contributed by atoms with Crippen LogP contribution in [0.15, 0.2) is 24.3 Å². The molecule has 0 fully saturated rings. The van der Waals surface area contributed by atoms with Crippen molar-refractivity contribution in [3.8, 4) is 0 Å². The fraction of sp³-hybridized carbons (Fsp3) is 0.600. The van der Waals surface area contributed by atoms with Gasteiger partial charge < -0.3 is 9.64 Å². The van der Waals surface area contributed by atoms with Gasteiger partial charge in [-0.05, 0) is 37.2 Å². The Hall–Kier alpha value is -0.570. The molecule has 1 rings (SSSR count). The van der Waals surface area contributed by atoms with Crippen molar-refractivity contribution in [2.75, 3.05) is 27.2 Å². The molecule has 0 saturated carbocycles. The van der Waals surface area contributed by atoms with E-state index < -0.39 is 0 Å². The van der Waals surface area contributed by atoms with Crippen molar-refractivity contribution in [2.24, 2.45) is 5.41 Å². The molecule has 0 aromatic heterocycles. The molecule has 2 nitrogen and oxygen atoms in total. The summed E-state index contributed by atoms with van der Waals surface area (Å²) in [5.74, 6) is 0. The Labute approximate surface area is 116 Å². The molecule has 0 radical (unpaired) electrons. The fourth-order valence-electron chi connectivity index (χ4n) is 1.84. The minimum absolute atomic E-state index is 0.0696. The molecule has 1 atom stereocenters. The van der Waals surface area contributed by atoms with Crippen molar-refractivity contribution in [2.45, 2.75) is 26.9 Å². The van der Waals surface area contributed by atoms with Crippen LogP contribution in [0, 0.1) is 5.41 Å². The zero-order chi connectivity index (χ0) is 13.8. The number of halogens is 1. The van der Waals surface area contributed by atoms with Gasteiger partial charge in [0, 0.05) is 11.6 Å². The predicted molar refractivity (Wildman–Crippen MR) is 78.2 cm³/mol. The van der Waals surface area contributed by atoms with Gasteiger partial charge >= 0.3 is 0 Å². The Morgan fingerprint density at radius 3 is 2.17 bits per heavy atom. The van der Waals surface area contributed by atoms with Gasteiger partial charge in [-0.3, -0.25) is 0 Å². The fourth-order valence-corrected chi connectivity index (χ4v) is 1.96. The van der Waals surface area contributed by atoms with Crippen molar-refractivity contribution in [1.82, 2.24) is 4.90 Å². The van der Waals surface area contributed by atoms with Crippen molar-refractivity contribution >= 4 is 11.6 Å². The van der Waals surface area contributed by atoms with Crippen LogP contribution in [-0.4, -0.2) is 32.1 Å². The van der Waals surface area contributed by atoms with Crippen molar-refractivity contribution in [3.63, 3.8) is 0 Å². The van der Waals surface area contributed by atoms with Crippen molar-refractivity contribution in [1.29, 1.82) is 0 Å². The van der Waals surface area contributed by atoms with E-state index in [0.29, 0.717) is 0 Å². The molecule has 0 aliphatic rings. The Bertz CT molecular complexity index is 354. The minimum Gasteiger partial charge on any atom is -0.372 e. The number of ether oxygens (including phenoxy) is 1. The first kappa shape index (κ1) is 15.5. The van der Waals surface area contributed by atoms with E-state index in [-0.39, 0.29) is 11.5 Å². The second kappa shape index (κ2) is 6.55. The molecular weight excluding hydrogens is 246 g/mol. The van der Waals surface area contributed by atoms with Crippen LogP contribution in [0.1, 0.15) is 32.4 Å². The average molecular weight is 270 g/mol. The van der Waals surface area contributed by atoms with Crippen molar-refractivity contribution in [3.05, 3.63) is 34.9 Å². The van der Waals surface area contributed by atoms with E-state index in [1.165, 1.54) is 5.56 Å². The molecule has 0 N–H and O–H groups in total. The molecule has 0 spiro atoms. The first-order valence-electron chi connectivity index (χ1n) is 6.32. The SMILES string of the molecule is CN(C)CCOC(c1ccc(Cl)cc1)C(C)(C)C. The number of hydrogen-bond acceptors (Lipinski definition) is 2. The second-order valence-corrected chi connectivity index (χ2v) is 6.41. The average Bonchev–Trinajstić information content (AvgIpc) is 2.24. The predicted octanol–water partition coefficient (Wildman–Crippen LogP) is 4.01. The highest BCUT2D eigenvalue weighted by Crippen LogP contribution is 2.36.